The van der Waals surface area contributed by atoms with Crippen LogP contribution in [0.25, 0.3) is 5.65 Å². The fraction of sp³-hybridized carbons (Fsp3) is 0.438. The number of nitrogens with one attached hydrogen (secondary N) is 2. The van der Waals surface area contributed by atoms with E-state index in [1.54, 1.807) is 6.20 Å². The van der Waals surface area contributed by atoms with Crippen molar-refractivity contribution in [1.29, 1.82) is 0 Å². The van der Waals surface area contributed by atoms with E-state index in [4.69, 9.17) is 0 Å². The van der Waals surface area contributed by atoms with Gasteiger partial charge >= 0.3 is 0 Å². The van der Waals surface area contributed by atoms with Gasteiger partial charge in [-0.2, -0.15) is 0 Å². The maximum atomic E-state index is 12.4. The summed E-state index contributed by atoms with van der Waals surface area (Å²) in [6.45, 7) is 4.47. The molecule has 2 aromatic rings. The highest BCUT2D eigenvalue weighted by molar-refractivity contribution is 5.93. The highest BCUT2D eigenvalue weighted by Gasteiger charge is 2.17. The van der Waals surface area contributed by atoms with Gasteiger partial charge < -0.3 is 10.6 Å². The zero-order valence-electron chi connectivity index (χ0n) is 12.6. The first-order valence-electron chi connectivity index (χ1n) is 7.62. The molecule has 116 valence electrons. The fourth-order valence-electron chi connectivity index (χ4n) is 2.76. The molecule has 1 aliphatic rings. The van der Waals surface area contributed by atoms with Crippen LogP contribution in [-0.4, -0.2) is 34.9 Å². The lowest BCUT2D eigenvalue weighted by atomic mass is 10.00. The molecular formula is C16H20N4O2. The zero-order chi connectivity index (χ0) is 15.5. The van der Waals surface area contributed by atoms with E-state index >= 15 is 0 Å². The first-order valence-corrected chi connectivity index (χ1v) is 7.62. The van der Waals surface area contributed by atoms with Crippen molar-refractivity contribution in [3.8, 4) is 0 Å². The van der Waals surface area contributed by atoms with Crippen molar-refractivity contribution in [2.75, 3.05) is 19.6 Å². The molecule has 0 saturated carbocycles. The van der Waals surface area contributed by atoms with Crippen LogP contribution in [0, 0.1) is 12.8 Å². The largest absolute Gasteiger partial charge is 0.351 e. The van der Waals surface area contributed by atoms with Gasteiger partial charge in [0.1, 0.15) is 11.2 Å². The minimum atomic E-state index is -0.349. The second-order valence-corrected chi connectivity index (χ2v) is 5.83. The maximum Gasteiger partial charge on any atom is 0.270 e. The van der Waals surface area contributed by atoms with Crippen molar-refractivity contribution in [2.24, 2.45) is 5.92 Å². The number of aromatic nitrogens is 2. The van der Waals surface area contributed by atoms with Crippen LogP contribution < -0.4 is 16.2 Å². The van der Waals surface area contributed by atoms with Gasteiger partial charge in [0.05, 0.1) is 0 Å². The monoisotopic (exact) mass is 300 g/mol. The summed E-state index contributed by atoms with van der Waals surface area (Å²) in [4.78, 5) is 28.8. The van der Waals surface area contributed by atoms with Gasteiger partial charge in [-0.1, -0.05) is 0 Å². The molecular weight excluding hydrogens is 280 g/mol. The number of hydrogen-bond acceptors (Lipinski definition) is 4. The smallest absolute Gasteiger partial charge is 0.270 e. The van der Waals surface area contributed by atoms with E-state index < -0.39 is 0 Å². The van der Waals surface area contributed by atoms with Crippen LogP contribution in [0.5, 0.6) is 0 Å². The van der Waals surface area contributed by atoms with Crippen molar-refractivity contribution in [3.63, 3.8) is 0 Å². The summed E-state index contributed by atoms with van der Waals surface area (Å²) in [5, 5.41) is 6.16. The molecule has 0 aromatic carbocycles. The van der Waals surface area contributed by atoms with Gasteiger partial charge in [-0.3, -0.25) is 14.0 Å². The zero-order valence-corrected chi connectivity index (χ0v) is 12.6. The lowest BCUT2D eigenvalue weighted by molar-refractivity contribution is 0.0943. The molecule has 2 N–H and O–H groups in total. The van der Waals surface area contributed by atoms with Gasteiger partial charge in [-0.05, 0) is 56.5 Å². The Morgan fingerprint density at radius 3 is 3.18 bits per heavy atom. The fourth-order valence-corrected chi connectivity index (χ4v) is 2.76. The maximum absolute atomic E-state index is 12.4. The summed E-state index contributed by atoms with van der Waals surface area (Å²) in [6, 6.07) is 3.64. The third kappa shape index (κ3) is 3.01. The van der Waals surface area contributed by atoms with Gasteiger partial charge in [0.25, 0.3) is 11.5 Å². The molecule has 1 fully saturated rings. The Kier molecular flexibility index (Phi) is 4.20. The van der Waals surface area contributed by atoms with Crippen LogP contribution in [0.3, 0.4) is 0 Å². The molecule has 1 amide bonds. The van der Waals surface area contributed by atoms with Gasteiger partial charge in [0.2, 0.25) is 0 Å². The molecule has 1 atom stereocenters. The molecule has 1 saturated heterocycles. The van der Waals surface area contributed by atoms with Crippen LogP contribution in [0.4, 0.5) is 0 Å². The molecule has 1 unspecified atom stereocenters. The molecule has 0 radical (unpaired) electrons. The molecule has 0 aliphatic carbocycles. The van der Waals surface area contributed by atoms with Gasteiger partial charge in [-0.25, -0.2) is 4.98 Å². The van der Waals surface area contributed by atoms with E-state index in [-0.39, 0.29) is 17.0 Å². The lowest BCUT2D eigenvalue weighted by Gasteiger charge is -2.22. The molecule has 6 nitrogen and oxygen atoms in total. The van der Waals surface area contributed by atoms with E-state index in [1.165, 1.54) is 10.6 Å². The Hall–Kier alpha value is -2.21. The minimum absolute atomic E-state index is 0.0881. The Morgan fingerprint density at radius 1 is 1.55 bits per heavy atom. The summed E-state index contributed by atoms with van der Waals surface area (Å²) < 4.78 is 1.41. The summed E-state index contributed by atoms with van der Waals surface area (Å²) in [5.41, 5.74) is 1.33. The first kappa shape index (κ1) is 14.7. The first-order chi connectivity index (χ1) is 10.6. The van der Waals surface area contributed by atoms with E-state index in [2.05, 4.69) is 15.6 Å². The van der Waals surface area contributed by atoms with Crippen molar-refractivity contribution < 1.29 is 4.79 Å². The van der Waals surface area contributed by atoms with Crippen LogP contribution in [-0.2, 0) is 0 Å². The number of rotatable bonds is 3. The van der Waals surface area contributed by atoms with E-state index in [1.807, 2.05) is 19.1 Å². The second kappa shape index (κ2) is 6.27. The van der Waals surface area contributed by atoms with E-state index in [0.717, 1.165) is 31.5 Å². The molecule has 2 aromatic heterocycles. The second-order valence-electron chi connectivity index (χ2n) is 5.83. The number of hydrogen-bond donors (Lipinski definition) is 2. The van der Waals surface area contributed by atoms with Crippen molar-refractivity contribution in [1.82, 2.24) is 20.0 Å². The number of carbonyl (C=O) groups excluding carboxylic acids is 1. The Labute approximate surface area is 128 Å². The number of amides is 1. The number of fused-ring (bicyclic) bond motifs is 1. The number of pyridine rings is 1. The topological polar surface area (TPSA) is 75.5 Å². The summed E-state index contributed by atoms with van der Waals surface area (Å²) in [7, 11) is 0. The minimum Gasteiger partial charge on any atom is -0.351 e. The van der Waals surface area contributed by atoms with Gasteiger partial charge in [0.15, 0.2) is 0 Å². The molecule has 3 heterocycles. The molecule has 1 aliphatic heterocycles. The third-order valence-electron chi connectivity index (χ3n) is 4.06. The van der Waals surface area contributed by atoms with Crippen LogP contribution in [0.2, 0.25) is 0 Å². The Balaban J connectivity index is 1.77. The molecule has 0 bridgehead atoms. The summed E-state index contributed by atoms with van der Waals surface area (Å²) in [6.07, 6.45) is 5.25. The predicted molar refractivity (Wildman–Crippen MR) is 84.1 cm³/mol. The van der Waals surface area contributed by atoms with Crippen LogP contribution in [0.1, 0.15) is 28.8 Å². The van der Waals surface area contributed by atoms with Gasteiger partial charge in [0, 0.05) is 18.9 Å². The normalized spacial score (nSPS) is 18.3. The number of nitrogens with zero attached hydrogens (tertiary/aromatic N) is 2. The standard InChI is InChI=1S/C16H20N4O2/c1-11-4-6-20-14(7-11)18-10-13(16(20)22)15(21)19-9-12-3-2-5-17-8-12/h4,6-7,10,12,17H,2-3,5,8-9H2,1H3,(H,19,21). The van der Waals surface area contributed by atoms with Crippen molar-refractivity contribution in [2.45, 2.75) is 19.8 Å². The Bertz CT molecular complexity index is 747. The Morgan fingerprint density at radius 2 is 2.41 bits per heavy atom. The van der Waals surface area contributed by atoms with Gasteiger partial charge in [-0.15, -0.1) is 0 Å². The lowest BCUT2D eigenvalue weighted by Crippen LogP contribution is -2.39. The average molecular weight is 300 g/mol. The highest BCUT2D eigenvalue weighted by Crippen LogP contribution is 2.08. The van der Waals surface area contributed by atoms with Crippen LogP contribution in [0.15, 0.2) is 29.3 Å². The van der Waals surface area contributed by atoms with E-state index in [9.17, 15) is 9.59 Å². The number of carbonyl (C=O) groups is 1. The highest BCUT2D eigenvalue weighted by atomic mass is 16.2. The quantitative estimate of drug-likeness (QED) is 0.876. The van der Waals surface area contributed by atoms with E-state index in [0.29, 0.717) is 18.1 Å². The SMILES string of the molecule is Cc1ccn2c(=O)c(C(=O)NCC3CCCNC3)cnc2c1. The van der Waals surface area contributed by atoms with Crippen molar-refractivity contribution >= 4 is 11.6 Å². The predicted octanol–water partition coefficient (Wildman–Crippen LogP) is 0.732. The molecule has 22 heavy (non-hydrogen) atoms. The summed E-state index contributed by atoms with van der Waals surface area (Å²) >= 11 is 0. The number of piperidine rings is 1. The average Bonchev–Trinajstić information content (AvgIpc) is 2.54. The summed E-state index contributed by atoms with van der Waals surface area (Å²) in [5.74, 6) is 0.0783. The van der Waals surface area contributed by atoms with Crippen molar-refractivity contribution in [3.05, 3.63) is 46.0 Å². The third-order valence-corrected chi connectivity index (χ3v) is 4.06. The molecule has 3 rings (SSSR count). The molecule has 0 spiro atoms. The molecule has 6 heteroatoms. The number of aryl methyl sites for hydroxylation is 1. The van der Waals surface area contributed by atoms with Crippen LogP contribution >= 0.6 is 0 Å².